The molecule has 0 spiro atoms. The Hall–Kier alpha value is -1.33. The van der Waals surface area contributed by atoms with Gasteiger partial charge in [-0.2, -0.15) is 0 Å². The van der Waals surface area contributed by atoms with E-state index in [1.54, 1.807) is 0 Å². The molecule has 0 bridgehead atoms. The number of aliphatic carboxylic acids is 1. The highest BCUT2D eigenvalue weighted by Gasteiger charge is 2.16. The van der Waals surface area contributed by atoms with Crippen LogP contribution in [0, 0.1) is 0 Å². The standard InChI is InChI=1S/C9H8O2.BH2O2/c10-9(11)4-3-6-1-2-7-5-8(6)7;2-1-3/h1-2,5H,3-4H2,(H,10,11);2-3H. The molecule has 3 N–H and O–H groups in total. The van der Waals surface area contributed by atoms with E-state index in [1.165, 1.54) is 16.7 Å². The summed E-state index contributed by atoms with van der Waals surface area (Å²) in [6.45, 7) is 0. The van der Waals surface area contributed by atoms with Crippen LogP contribution < -0.4 is 0 Å². The molecule has 0 heterocycles. The third kappa shape index (κ3) is 2.87. The van der Waals surface area contributed by atoms with Crippen LogP contribution in [0.3, 0.4) is 0 Å². The van der Waals surface area contributed by atoms with Crippen LogP contribution in [0.1, 0.15) is 12.0 Å². The predicted molar refractivity (Wildman–Crippen MR) is 51.6 cm³/mol. The molecular formula is C9H10BO4. The van der Waals surface area contributed by atoms with Gasteiger partial charge in [-0.25, -0.2) is 0 Å². The molecule has 0 aliphatic heterocycles. The van der Waals surface area contributed by atoms with Gasteiger partial charge in [0.05, 0.1) is 0 Å². The molecule has 0 fully saturated rings. The number of hydrogen-bond donors (Lipinski definition) is 3. The van der Waals surface area contributed by atoms with Crippen molar-refractivity contribution in [2.45, 2.75) is 12.8 Å². The molecule has 0 aromatic heterocycles. The lowest BCUT2D eigenvalue weighted by molar-refractivity contribution is -0.136. The lowest BCUT2D eigenvalue weighted by Gasteiger charge is -1.91. The molecule has 2 rings (SSSR count). The highest BCUT2D eigenvalue weighted by Crippen LogP contribution is 2.38. The number of aryl methyl sites for hydroxylation is 1. The first kappa shape index (κ1) is 10.8. The molecular weight excluding hydrogens is 183 g/mol. The maximum absolute atomic E-state index is 10.2. The summed E-state index contributed by atoms with van der Waals surface area (Å²) in [5, 5.41) is 22.4. The van der Waals surface area contributed by atoms with Gasteiger partial charge in [0.25, 0.3) is 0 Å². The number of carbonyl (C=O) groups is 1. The zero-order chi connectivity index (χ0) is 10.6. The van der Waals surface area contributed by atoms with Crippen molar-refractivity contribution in [1.29, 1.82) is 0 Å². The SMILES string of the molecule is O=C(O)CCc1ccc2cc1-2.O[B]O. The number of fused-ring (bicyclic) bond motifs is 1. The van der Waals surface area contributed by atoms with E-state index in [0.717, 1.165) is 0 Å². The van der Waals surface area contributed by atoms with Gasteiger partial charge in [0.1, 0.15) is 0 Å². The highest BCUT2D eigenvalue weighted by atomic mass is 16.4. The lowest BCUT2D eigenvalue weighted by Crippen LogP contribution is -1.96. The molecule has 1 radical (unpaired) electrons. The van der Waals surface area contributed by atoms with Crippen molar-refractivity contribution in [3.8, 4) is 11.1 Å². The Morgan fingerprint density at radius 3 is 2.36 bits per heavy atom. The highest BCUT2D eigenvalue weighted by molar-refractivity contribution is 6.13. The molecule has 73 valence electrons. The molecule has 2 aliphatic rings. The number of hydrogen-bond acceptors (Lipinski definition) is 3. The Labute approximate surface area is 82.1 Å². The van der Waals surface area contributed by atoms with Gasteiger partial charge in [-0.15, -0.1) is 0 Å². The summed E-state index contributed by atoms with van der Waals surface area (Å²) in [4.78, 5) is 10.2. The van der Waals surface area contributed by atoms with Crippen LogP contribution >= 0.6 is 0 Å². The smallest absolute Gasteiger partial charge is 0.481 e. The van der Waals surface area contributed by atoms with Gasteiger partial charge in [-0.05, 0) is 29.2 Å². The van der Waals surface area contributed by atoms with Crippen LogP contribution in [0.4, 0.5) is 0 Å². The van der Waals surface area contributed by atoms with Crippen molar-refractivity contribution in [2.24, 2.45) is 0 Å². The van der Waals surface area contributed by atoms with Gasteiger partial charge in [-0.1, -0.05) is 12.1 Å². The second-order valence-corrected chi connectivity index (χ2v) is 2.88. The van der Waals surface area contributed by atoms with Crippen LogP contribution in [-0.4, -0.2) is 28.8 Å². The average Bonchev–Trinajstić information content (AvgIpc) is 2.78. The van der Waals surface area contributed by atoms with Crippen molar-refractivity contribution >= 4 is 13.7 Å². The Morgan fingerprint density at radius 2 is 2.00 bits per heavy atom. The molecule has 0 aromatic rings. The zero-order valence-electron chi connectivity index (χ0n) is 7.47. The lowest BCUT2D eigenvalue weighted by atomic mass is 10.1. The largest absolute Gasteiger partial charge is 0.482 e. The summed E-state index contributed by atoms with van der Waals surface area (Å²) in [7, 11) is 0. The molecule has 4 nitrogen and oxygen atoms in total. The minimum atomic E-state index is -0.722. The first-order valence-electron chi connectivity index (χ1n) is 4.14. The van der Waals surface area contributed by atoms with E-state index in [2.05, 4.69) is 6.07 Å². The molecule has 0 saturated carbocycles. The minimum absolute atomic E-state index is 0. The Morgan fingerprint density at radius 1 is 1.36 bits per heavy atom. The zero-order valence-corrected chi connectivity index (χ0v) is 7.47. The van der Waals surface area contributed by atoms with E-state index in [1.807, 2.05) is 12.1 Å². The number of benzene rings is 1. The normalized spacial score (nSPS) is 9.86. The summed E-state index contributed by atoms with van der Waals surface area (Å²) < 4.78 is 0. The predicted octanol–water partition coefficient (Wildman–Crippen LogP) is 0.189. The van der Waals surface area contributed by atoms with E-state index in [4.69, 9.17) is 15.2 Å². The van der Waals surface area contributed by atoms with E-state index in [9.17, 15) is 4.79 Å². The Kier molecular flexibility index (Phi) is 3.68. The summed E-state index contributed by atoms with van der Waals surface area (Å²) in [5.74, 6) is -0.722. The van der Waals surface area contributed by atoms with E-state index in [-0.39, 0.29) is 14.1 Å². The first-order valence-corrected chi connectivity index (χ1v) is 4.14. The Bertz CT molecular complexity index is 338. The van der Waals surface area contributed by atoms with Gasteiger partial charge in [0.15, 0.2) is 0 Å². The van der Waals surface area contributed by atoms with Crippen LogP contribution in [-0.2, 0) is 11.2 Å². The molecule has 0 saturated heterocycles. The van der Waals surface area contributed by atoms with Gasteiger partial charge in [0.2, 0.25) is 0 Å². The maximum Gasteiger partial charge on any atom is 0.482 e. The van der Waals surface area contributed by atoms with Crippen LogP contribution in [0.2, 0.25) is 0 Å². The molecule has 5 heteroatoms. The minimum Gasteiger partial charge on any atom is -0.481 e. The second-order valence-electron chi connectivity index (χ2n) is 2.88. The molecule has 0 unspecified atom stereocenters. The van der Waals surface area contributed by atoms with Gasteiger partial charge in [-0.3, -0.25) is 4.79 Å². The fourth-order valence-corrected chi connectivity index (χ4v) is 1.28. The summed E-state index contributed by atoms with van der Waals surface area (Å²) in [6.07, 6.45) is 0.908. The topological polar surface area (TPSA) is 77.8 Å². The fraction of sp³-hybridized carbons (Fsp3) is 0.222. The quantitative estimate of drug-likeness (QED) is 0.608. The van der Waals surface area contributed by atoms with Gasteiger partial charge in [0, 0.05) is 6.42 Å². The first-order chi connectivity index (χ1) is 6.69. The Balaban J connectivity index is 0.000000293. The van der Waals surface area contributed by atoms with E-state index >= 15 is 0 Å². The van der Waals surface area contributed by atoms with Crippen molar-refractivity contribution < 1.29 is 19.9 Å². The number of carboxylic acids is 1. The fourth-order valence-electron chi connectivity index (χ4n) is 1.28. The maximum atomic E-state index is 10.2. The van der Waals surface area contributed by atoms with Crippen LogP contribution in [0.5, 0.6) is 0 Å². The molecule has 0 amide bonds. The van der Waals surface area contributed by atoms with E-state index in [0.29, 0.717) is 6.42 Å². The molecule has 0 atom stereocenters. The molecule has 0 aromatic carbocycles. The van der Waals surface area contributed by atoms with Crippen molar-refractivity contribution in [3.05, 3.63) is 23.8 Å². The van der Waals surface area contributed by atoms with Crippen molar-refractivity contribution in [1.82, 2.24) is 0 Å². The summed E-state index contributed by atoms with van der Waals surface area (Å²) in [5.41, 5.74) is 3.74. The number of rotatable bonds is 3. The second kappa shape index (κ2) is 4.78. The third-order valence-electron chi connectivity index (χ3n) is 1.95. The van der Waals surface area contributed by atoms with Crippen molar-refractivity contribution in [3.63, 3.8) is 0 Å². The number of carboxylic acid groups (broad SMARTS) is 1. The van der Waals surface area contributed by atoms with Gasteiger partial charge < -0.3 is 15.2 Å². The summed E-state index contributed by atoms with van der Waals surface area (Å²) >= 11 is 0. The summed E-state index contributed by atoms with van der Waals surface area (Å²) in [6, 6.07) is 6.12. The van der Waals surface area contributed by atoms with E-state index < -0.39 is 5.97 Å². The molecule has 2 aliphatic carbocycles. The van der Waals surface area contributed by atoms with Gasteiger partial charge >= 0.3 is 13.7 Å². The third-order valence-corrected chi connectivity index (χ3v) is 1.95. The van der Waals surface area contributed by atoms with Crippen LogP contribution in [0.25, 0.3) is 11.1 Å². The van der Waals surface area contributed by atoms with Crippen LogP contribution in [0.15, 0.2) is 18.2 Å². The van der Waals surface area contributed by atoms with Crippen molar-refractivity contribution in [2.75, 3.05) is 0 Å². The molecule has 14 heavy (non-hydrogen) atoms. The monoisotopic (exact) mass is 193 g/mol. The average molecular weight is 193 g/mol.